The third kappa shape index (κ3) is 3.13. The number of hydrogen-bond acceptors (Lipinski definition) is 5. The second kappa shape index (κ2) is 6.82. The predicted octanol–water partition coefficient (Wildman–Crippen LogP) is 2.94. The zero-order valence-electron chi connectivity index (χ0n) is 14.9. The van der Waals surface area contributed by atoms with Gasteiger partial charge < -0.3 is 5.32 Å². The lowest BCUT2D eigenvalue weighted by Gasteiger charge is -2.37. The molecule has 3 aromatic rings. The summed E-state index contributed by atoms with van der Waals surface area (Å²) >= 11 is 0. The second-order valence-electron chi connectivity index (χ2n) is 7.63. The van der Waals surface area contributed by atoms with Gasteiger partial charge in [0.25, 0.3) is 0 Å². The number of piperidine rings is 1. The van der Waals surface area contributed by atoms with Crippen molar-refractivity contribution < 1.29 is 4.63 Å². The van der Waals surface area contributed by atoms with Crippen LogP contribution in [-0.2, 0) is 19.4 Å². The lowest BCUT2D eigenvalue weighted by molar-refractivity contribution is 0.140. The van der Waals surface area contributed by atoms with Crippen molar-refractivity contribution in [1.82, 2.24) is 20.5 Å². The summed E-state index contributed by atoms with van der Waals surface area (Å²) in [6.45, 7) is 3.24. The number of aromatic nitrogens is 2. The molecule has 1 aliphatic carbocycles. The van der Waals surface area contributed by atoms with Crippen molar-refractivity contribution in [3.8, 4) is 0 Å². The van der Waals surface area contributed by atoms with Crippen LogP contribution in [0.25, 0.3) is 11.0 Å². The van der Waals surface area contributed by atoms with Crippen LogP contribution in [0.4, 0.5) is 0 Å². The van der Waals surface area contributed by atoms with Gasteiger partial charge in [-0.25, -0.2) is 4.63 Å². The van der Waals surface area contributed by atoms with E-state index in [1.54, 1.807) is 11.1 Å². The maximum atomic E-state index is 4.78. The Bertz CT molecular complexity index is 881. The van der Waals surface area contributed by atoms with Gasteiger partial charge in [-0.05, 0) is 71.4 Å². The number of nitrogens with one attached hydrogen (secondary N) is 1. The van der Waals surface area contributed by atoms with Gasteiger partial charge in [-0.2, -0.15) is 0 Å². The molecule has 5 nitrogen and oxygen atoms in total. The lowest BCUT2D eigenvalue weighted by atomic mass is 10.0. The number of rotatable bonds is 4. The van der Waals surface area contributed by atoms with Gasteiger partial charge in [0.15, 0.2) is 0 Å². The lowest BCUT2D eigenvalue weighted by Crippen LogP contribution is -2.49. The van der Waals surface area contributed by atoms with E-state index in [0.717, 1.165) is 24.1 Å². The zero-order chi connectivity index (χ0) is 17.3. The van der Waals surface area contributed by atoms with Crippen molar-refractivity contribution in [3.05, 3.63) is 59.2 Å². The normalized spacial score (nSPS) is 21.3. The van der Waals surface area contributed by atoms with Gasteiger partial charge >= 0.3 is 0 Å². The van der Waals surface area contributed by atoms with E-state index in [0.29, 0.717) is 12.1 Å². The third-order valence-electron chi connectivity index (χ3n) is 5.91. The van der Waals surface area contributed by atoms with E-state index in [4.69, 9.17) is 4.63 Å². The quantitative estimate of drug-likeness (QED) is 0.786. The highest BCUT2D eigenvalue weighted by Crippen LogP contribution is 2.27. The number of nitrogens with zero attached hydrogens (tertiary/aromatic N) is 3. The van der Waals surface area contributed by atoms with Gasteiger partial charge in [-0.1, -0.05) is 30.3 Å². The Hall–Kier alpha value is -2.24. The minimum absolute atomic E-state index is 0.554. The van der Waals surface area contributed by atoms with Gasteiger partial charge in [0, 0.05) is 25.2 Å². The molecule has 5 rings (SSSR count). The van der Waals surface area contributed by atoms with Crippen LogP contribution in [0.5, 0.6) is 0 Å². The van der Waals surface area contributed by atoms with Crippen LogP contribution in [0.3, 0.4) is 0 Å². The molecule has 1 aromatic heterocycles. The zero-order valence-corrected chi connectivity index (χ0v) is 14.9. The highest BCUT2D eigenvalue weighted by atomic mass is 16.6. The van der Waals surface area contributed by atoms with Crippen molar-refractivity contribution in [3.63, 3.8) is 0 Å². The molecule has 0 amide bonds. The molecule has 1 saturated heterocycles. The molecule has 0 unspecified atom stereocenters. The van der Waals surface area contributed by atoms with Crippen molar-refractivity contribution in [2.45, 2.75) is 44.3 Å². The molecule has 0 spiro atoms. The van der Waals surface area contributed by atoms with E-state index in [9.17, 15) is 0 Å². The van der Waals surface area contributed by atoms with Gasteiger partial charge in [-0.15, -0.1) is 0 Å². The highest BCUT2D eigenvalue weighted by Gasteiger charge is 2.30. The minimum Gasteiger partial charge on any atom is -0.309 e. The molecule has 26 heavy (non-hydrogen) atoms. The molecule has 0 radical (unpaired) electrons. The molecule has 2 heterocycles. The first-order chi connectivity index (χ1) is 12.8. The van der Waals surface area contributed by atoms with Crippen molar-refractivity contribution in [1.29, 1.82) is 0 Å². The van der Waals surface area contributed by atoms with Crippen LogP contribution in [0.1, 0.15) is 29.5 Å². The van der Waals surface area contributed by atoms with E-state index < -0.39 is 0 Å². The van der Waals surface area contributed by atoms with Gasteiger partial charge in [0.05, 0.1) is 0 Å². The Kier molecular flexibility index (Phi) is 4.19. The molecule has 0 bridgehead atoms. The Morgan fingerprint density at radius 1 is 1.04 bits per heavy atom. The molecule has 2 aliphatic rings. The highest BCUT2D eigenvalue weighted by molar-refractivity contribution is 5.73. The molecule has 5 heteroatoms. The summed E-state index contributed by atoms with van der Waals surface area (Å²) in [4.78, 5) is 2.70. The monoisotopic (exact) mass is 348 g/mol. The summed E-state index contributed by atoms with van der Waals surface area (Å²) in [6, 6.07) is 16.3. The van der Waals surface area contributed by atoms with E-state index in [2.05, 4.69) is 56.9 Å². The van der Waals surface area contributed by atoms with E-state index in [1.165, 1.54) is 37.8 Å². The van der Waals surface area contributed by atoms with Crippen LogP contribution in [-0.4, -0.2) is 40.4 Å². The largest absolute Gasteiger partial charge is 0.309 e. The fourth-order valence-corrected chi connectivity index (χ4v) is 4.50. The van der Waals surface area contributed by atoms with Gasteiger partial charge in [0.2, 0.25) is 0 Å². The fourth-order valence-electron chi connectivity index (χ4n) is 4.50. The average Bonchev–Trinajstić information content (AvgIpc) is 3.32. The summed E-state index contributed by atoms with van der Waals surface area (Å²) < 4.78 is 4.78. The summed E-state index contributed by atoms with van der Waals surface area (Å²) in [5.41, 5.74) is 5.97. The van der Waals surface area contributed by atoms with Crippen LogP contribution in [0.15, 0.2) is 47.1 Å². The molecule has 1 atom stereocenters. The first-order valence-electron chi connectivity index (χ1n) is 9.60. The minimum atomic E-state index is 0.554. The van der Waals surface area contributed by atoms with E-state index >= 15 is 0 Å². The van der Waals surface area contributed by atoms with Gasteiger partial charge in [0.1, 0.15) is 11.0 Å². The van der Waals surface area contributed by atoms with Crippen molar-refractivity contribution >= 4 is 11.0 Å². The number of likely N-dealkylation sites (tertiary alicyclic amines) is 1. The smallest absolute Gasteiger partial charge is 0.135 e. The summed E-state index contributed by atoms with van der Waals surface area (Å²) in [7, 11) is 0. The Morgan fingerprint density at radius 3 is 2.69 bits per heavy atom. The number of fused-ring (bicyclic) bond motifs is 2. The van der Waals surface area contributed by atoms with E-state index in [1.807, 2.05) is 6.07 Å². The molecular formula is C21H24N4O. The molecule has 134 valence electrons. The Balaban J connectivity index is 1.20. The SMILES string of the molecule is c1ccc2c(c1)CC(N1CCC[C@H](NCc3ccc4nonc4c3)C1)C2. The van der Waals surface area contributed by atoms with Crippen LogP contribution in [0, 0.1) is 0 Å². The third-order valence-corrected chi connectivity index (χ3v) is 5.91. The molecule has 1 aliphatic heterocycles. The van der Waals surface area contributed by atoms with Crippen LogP contribution >= 0.6 is 0 Å². The Morgan fingerprint density at radius 2 is 1.85 bits per heavy atom. The summed E-state index contributed by atoms with van der Waals surface area (Å²) in [5.74, 6) is 0. The molecule has 2 aromatic carbocycles. The average molecular weight is 348 g/mol. The standard InChI is InChI=1S/C21H24N4O/c1-2-5-17-12-19(11-16(17)4-1)25-9-3-6-18(14-25)22-13-15-7-8-20-21(10-15)24-26-23-20/h1-2,4-5,7-8,10,18-19,22H,3,6,9,11-14H2/t18-/m0/s1. The van der Waals surface area contributed by atoms with E-state index in [-0.39, 0.29) is 0 Å². The fraction of sp³-hybridized carbons (Fsp3) is 0.429. The molecule has 1 N–H and O–H groups in total. The Labute approximate surface area is 153 Å². The van der Waals surface area contributed by atoms with Crippen molar-refractivity contribution in [2.75, 3.05) is 13.1 Å². The molecular weight excluding hydrogens is 324 g/mol. The van der Waals surface area contributed by atoms with Crippen LogP contribution < -0.4 is 5.32 Å². The summed E-state index contributed by atoms with van der Waals surface area (Å²) in [6.07, 6.45) is 4.94. The molecule has 0 saturated carbocycles. The van der Waals surface area contributed by atoms with Crippen molar-refractivity contribution in [2.24, 2.45) is 0 Å². The van der Waals surface area contributed by atoms with Crippen LogP contribution in [0.2, 0.25) is 0 Å². The summed E-state index contributed by atoms with van der Waals surface area (Å²) in [5, 5.41) is 11.6. The first-order valence-corrected chi connectivity index (χ1v) is 9.60. The first kappa shape index (κ1) is 16.0. The predicted molar refractivity (Wildman–Crippen MR) is 101 cm³/mol. The number of hydrogen-bond donors (Lipinski definition) is 1. The topological polar surface area (TPSA) is 54.2 Å². The maximum absolute atomic E-state index is 4.78. The maximum Gasteiger partial charge on any atom is 0.135 e. The van der Waals surface area contributed by atoms with Gasteiger partial charge in [-0.3, -0.25) is 4.90 Å². The second-order valence-corrected chi connectivity index (χ2v) is 7.63. The number of benzene rings is 2. The molecule has 1 fully saturated rings.